The van der Waals surface area contributed by atoms with Gasteiger partial charge in [-0.15, -0.1) is 0 Å². The zero-order valence-corrected chi connectivity index (χ0v) is 15.4. The Hall–Kier alpha value is -0.106. The van der Waals surface area contributed by atoms with Crippen LogP contribution in [0.15, 0.2) is 12.3 Å². The highest BCUT2D eigenvalue weighted by Crippen LogP contribution is 2.13. The lowest BCUT2D eigenvalue weighted by molar-refractivity contribution is 0.123. The summed E-state index contributed by atoms with van der Waals surface area (Å²) in [6.07, 6.45) is 0.877. The molecule has 20 heavy (non-hydrogen) atoms. The van der Waals surface area contributed by atoms with Crippen LogP contribution in [0, 0.1) is 0 Å². The molecule has 7 nitrogen and oxygen atoms in total. The Labute approximate surface area is 124 Å². The predicted octanol–water partition coefficient (Wildman–Crippen LogP) is 0.803. The van der Waals surface area contributed by atoms with Gasteiger partial charge in [0.2, 0.25) is 0 Å². The fourth-order valence-electron chi connectivity index (χ4n) is 1.37. The van der Waals surface area contributed by atoms with Crippen molar-refractivity contribution in [3.05, 3.63) is 12.3 Å². The van der Waals surface area contributed by atoms with Gasteiger partial charge < -0.3 is 32.3 Å². The Balaban J connectivity index is 0. The largest absolute Gasteiger partial charge is 0.528 e. The molecule has 0 saturated heterocycles. The maximum absolute atomic E-state index is 5.36. The van der Waals surface area contributed by atoms with Crippen LogP contribution in [0.25, 0.3) is 0 Å². The molecule has 122 valence electrons. The average molecular weight is 328 g/mol. The molecule has 0 aliphatic heterocycles. The molecule has 0 aromatic carbocycles. The van der Waals surface area contributed by atoms with E-state index in [0.29, 0.717) is 6.54 Å². The van der Waals surface area contributed by atoms with Crippen LogP contribution >= 0.6 is 0 Å². The fourth-order valence-corrected chi connectivity index (χ4v) is 4.12. The Bertz CT molecular complexity index is 220. The third-order valence-corrected chi connectivity index (χ3v) is 7.76. The Morgan fingerprint density at radius 2 is 1.25 bits per heavy atom. The molecule has 0 atom stereocenters. The molecule has 0 aliphatic carbocycles. The monoisotopic (exact) mass is 327 g/mol. The number of hydrogen-bond donors (Lipinski definition) is 1. The molecule has 0 aromatic heterocycles. The van der Waals surface area contributed by atoms with Gasteiger partial charge in [0, 0.05) is 48.7 Å². The first kappa shape index (κ1) is 22.2. The van der Waals surface area contributed by atoms with E-state index in [1.807, 2.05) is 0 Å². The van der Waals surface area contributed by atoms with E-state index >= 15 is 0 Å². The van der Waals surface area contributed by atoms with Crippen molar-refractivity contribution in [1.82, 2.24) is 0 Å². The van der Waals surface area contributed by atoms with Crippen LogP contribution in [0.1, 0.15) is 6.42 Å². The van der Waals surface area contributed by atoms with Crippen LogP contribution in [-0.4, -0.2) is 66.8 Å². The van der Waals surface area contributed by atoms with Crippen LogP contribution in [0.2, 0.25) is 6.04 Å². The molecule has 0 spiro atoms. The first-order valence-corrected chi connectivity index (χ1v) is 9.87. The predicted molar refractivity (Wildman–Crippen MR) is 82.2 cm³/mol. The lowest BCUT2D eigenvalue weighted by Crippen LogP contribution is -2.42. The summed E-state index contributed by atoms with van der Waals surface area (Å²) >= 11 is 0. The van der Waals surface area contributed by atoms with E-state index in [9.17, 15) is 0 Å². The second-order valence-electron chi connectivity index (χ2n) is 3.61. The zero-order valence-electron chi connectivity index (χ0n) is 13.4. The molecule has 0 amide bonds. The molecule has 0 bridgehead atoms. The van der Waals surface area contributed by atoms with Gasteiger partial charge in [-0.25, -0.2) is 0 Å². The van der Waals surface area contributed by atoms with Crippen LogP contribution in [0.3, 0.4) is 0 Å². The van der Waals surface area contributed by atoms with Gasteiger partial charge in [-0.2, -0.15) is 0 Å². The maximum atomic E-state index is 5.36. The molecule has 0 saturated carbocycles. The fraction of sp³-hybridized carbons (Fsp3) is 0.818. The Kier molecular flexibility index (Phi) is 14.0. The summed E-state index contributed by atoms with van der Waals surface area (Å²) in [5.41, 5.74) is 6.93. The van der Waals surface area contributed by atoms with Crippen LogP contribution in [0.5, 0.6) is 0 Å². The molecule has 0 aliphatic rings. The lowest BCUT2D eigenvalue weighted by atomic mass is 10.5. The summed E-state index contributed by atoms with van der Waals surface area (Å²) in [6, 6.07) is 0.785. The van der Waals surface area contributed by atoms with Gasteiger partial charge in [0.15, 0.2) is 0 Å². The van der Waals surface area contributed by atoms with E-state index in [1.54, 1.807) is 48.4 Å². The third kappa shape index (κ3) is 7.62. The van der Waals surface area contributed by atoms with Crippen molar-refractivity contribution in [2.45, 2.75) is 12.5 Å². The van der Waals surface area contributed by atoms with Crippen molar-refractivity contribution in [2.24, 2.45) is 5.73 Å². The minimum Gasteiger partial charge on any atom is -0.377 e. The molecule has 2 N–H and O–H groups in total. The summed E-state index contributed by atoms with van der Waals surface area (Å²) in [5.74, 6) is 0. The molecule has 0 aromatic rings. The van der Waals surface area contributed by atoms with Crippen LogP contribution in [0.4, 0.5) is 0 Å². The molecular formula is C11H29NO6Si2. The lowest BCUT2D eigenvalue weighted by Gasteiger charge is -2.23. The van der Waals surface area contributed by atoms with E-state index in [0.717, 1.165) is 12.5 Å². The highest BCUT2D eigenvalue weighted by molar-refractivity contribution is 6.66. The molecule has 9 heteroatoms. The van der Waals surface area contributed by atoms with Crippen molar-refractivity contribution >= 4 is 17.6 Å². The van der Waals surface area contributed by atoms with Crippen molar-refractivity contribution in [3.63, 3.8) is 0 Å². The van der Waals surface area contributed by atoms with Crippen molar-refractivity contribution in [2.75, 3.05) is 49.2 Å². The summed E-state index contributed by atoms with van der Waals surface area (Å²) in [4.78, 5) is 0. The quantitative estimate of drug-likeness (QED) is 0.594. The molecule has 0 rings (SSSR count). The smallest absolute Gasteiger partial charge is 0.377 e. The molecule has 0 heterocycles. The van der Waals surface area contributed by atoms with Crippen LogP contribution < -0.4 is 5.73 Å². The highest BCUT2D eigenvalue weighted by Gasteiger charge is 2.36. The average Bonchev–Trinajstić information content (AvgIpc) is 2.53. The van der Waals surface area contributed by atoms with E-state index in [-0.39, 0.29) is 0 Å². The van der Waals surface area contributed by atoms with E-state index < -0.39 is 17.6 Å². The number of rotatable bonds is 10. The minimum absolute atomic E-state index is 0.644. The van der Waals surface area contributed by atoms with Crippen molar-refractivity contribution < 1.29 is 26.6 Å². The SMILES string of the molecule is C=C[Si](OC)(OC)OC.CO[Si](CCCN)(OC)OC. The van der Waals surface area contributed by atoms with Crippen molar-refractivity contribution in [3.8, 4) is 0 Å². The summed E-state index contributed by atoms with van der Waals surface area (Å²) in [6.45, 7) is 4.18. The van der Waals surface area contributed by atoms with Gasteiger partial charge in [0.1, 0.15) is 0 Å². The third-order valence-electron chi connectivity index (χ3n) is 2.72. The maximum Gasteiger partial charge on any atom is 0.528 e. The van der Waals surface area contributed by atoms with Gasteiger partial charge in [0.25, 0.3) is 0 Å². The van der Waals surface area contributed by atoms with E-state index in [4.69, 9.17) is 32.3 Å². The number of hydrogen-bond acceptors (Lipinski definition) is 7. The minimum atomic E-state index is -2.43. The summed E-state index contributed by atoms with van der Waals surface area (Å²) < 4.78 is 30.4. The van der Waals surface area contributed by atoms with Gasteiger partial charge in [0.05, 0.1) is 0 Å². The number of nitrogens with two attached hydrogens (primary N) is 1. The molecule has 0 fully saturated rings. The second-order valence-corrected chi connectivity index (χ2v) is 9.54. The van der Waals surface area contributed by atoms with Gasteiger partial charge in [-0.3, -0.25) is 0 Å². The topological polar surface area (TPSA) is 81.4 Å². The molecule has 0 unspecified atom stereocenters. The van der Waals surface area contributed by atoms with Gasteiger partial charge in [-0.05, 0) is 18.7 Å². The molecule has 0 radical (unpaired) electrons. The van der Waals surface area contributed by atoms with Crippen LogP contribution in [-0.2, 0) is 26.6 Å². The first-order chi connectivity index (χ1) is 9.49. The summed E-state index contributed by atoms with van der Waals surface area (Å²) in [7, 11) is 4.70. The van der Waals surface area contributed by atoms with E-state index in [1.165, 1.54) is 0 Å². The standard InChI is InChI=1S/C6H17NO3Si.C5H12O3Si/c1-8-11(9-2,10-3)6-4-5-7;1-5-9(6-2,7-3)8-4/h4-7H2,1-3H3;5H,1H2,2-4H3. The van der Waals surface area contributed by atoms with E-state index in [2.05, 4.69) is 6.58 Å². The highest BCUT2D eigenvalue weighted by atomic mass is 28.4. The second kappa shape index (κ2) is 12.6. The van der Waals surface area contributed by atoms with Crippen molar-refractivity contribution in [1.29, 1.82) is 0 Å². The summed E-state index contributed by atoms with van der Waals surface area (Å²) in [5, 5.41) is 0. The molecular weight excluding hydrogens is 298 g/mol. The van der Waals surface area contributed by atoms with Gasteiger partial charge >= 0.3 is 17.6 Å². The first-order valence-electron chi connectivity index (χ1n) is 6.13. The van der Waals surface area contributed by atoms with Gasteiger partial charge in [-0.1, -0.05) is 6.58 Å². The normalized spacial score (nSPS) is 11.8. The Morgan fingerprint density at radius 3 is 1.40 bits per heavy atom. The Morgan fingerprint density at radius 1 is 0.850 bits per heavy atom. The zero-order chi connectivity index (χ0) is 16.1.